The number of hydrogen-bond acceptors (Lipinski definition) is 2. The second kappa shape index (κ2) is 4.29. The molecule has 13 heavy (non-hydrogen) atoms. The third-order valence-corrected chi connectivity index (χ3v) is 2.56. The number of ether oxygens (including phenoxy) is 1. The fourth-order valence-electron chi connectivity index (χ4n) is 1.13. The summed E-state index contributed by atoms with van der Waals surface area (Å²) < 4.78 is 5.12. The van der Waals surface area contributed by atoms with Crippen LogP contribution in [0.25, 0.3) is 0 Å². The molecule has 0 N–H and O–H groups in total. The number of hydrogen-bond donors (Lipinski definition) is 0. The van der Waals surface area contributed by atoms with E-state index in [4.69, 9.17) is 10.00 Å². The highest BCUT2D eigenvalue weighted by atomic mass is 79.9. The number of benzene rings is 1. The Bertz CT molecular complexity index is 343. The lowest BCUT2D eigenvalue weighted by atomic mass is 10.1. The average molecular weight is 240 g/mol. The van der Waals surface area contributed by atoms with E-state index in [1.807, 2.05) is 25.1 Å². The van der Waals surface area contributed by atoms with Crippen LogP contribution >= 0.6 is 15.9 Å². The number of nitriles is 1. The number of nitrogens with zero attached hydrogens (tertiary/aromatic N) is 1. The Labute approximate surface area is 86.3 Å². The van der Waals surface area contributed by atoms with Crippen molar-refractivity contribution in [2.24, 2.45) is 0 Å². The largest absolute Gasteiger partial charge is 0.496 e. The second-order valence-electron chi connectivity index (χ2n) is 2.72. The van der Waals surface area contributed by atoms with Crippen molar-refractivity contribution in [3.63, 3.8) is 0 Å². The fourth-order valence-corrected chi connectivity index (χ4v) is 1.42. The molecule has 1 atom stereocenters. The zero-order chi connectivity index (χ0) is 9.84. The first-order valence-electron chi connectivity index (χ1n) is 3.87. The topological polar surface area (TPSA) is 33.0 Å². The molecule has 0 fully saturated rings. The molecule has 1 aromatic carbocycles. The summed E-state index contributed by atoms with van der Waals surface area (Å²) in [7, 11) is 1.64. The molecule has 2 nitrogen and oxygen atoms in total. The van der Waals surface area contributed by atoms with Gasteiger partial charge in [-0.05, 0) is 24.1 Å². The third kappa shape index (κ3) is 2.22. The maximum absolute atomic E-state index is 8.68. The Morgan fingerprint density at radius 3 is 2.69 bits per heavy atom. The molecule has 0 heterocycles. The Morgan fingerprint density at radius 2 is 2.23 bits per heavy atom. The summed E-state index contributed by atoms with van der Waals surface area (Å²) in [6.45, 7) is 1.96. The van der Waals surface area contributed by atoms with Crippen LogP contribution < -0.4 is 4.74 Å². The van der Waals surface area contributed by atoms with Gasteiger partial charge in [-0.3, -0.25) is 0 Å². The van der Waals surface area contributed by atoms with Crippen LogP contribution in [0.5, 0.6) is 5.75 Å². The normalized spacial score (nSPS) is 11.8. The van der Waals surface area contributed by atoms with Crippen molar-refractivity contribution in [3.8, 4) is 11.8 Å². The molecule has 1 unspecified atom stereocenters. The van der Waals surface area contributed by atoms with E-state index in [1.54, 1.807) is 7.11 Å². The average Bonchev–Trinajstić information content (AvgIpc) is 2.16. The van der Waals surface area contributed by atoms with Crippen molar-refractivity contribution in [1.82, 2.24) is 0 Å². The fraction of sp³-hybridized carbons (Fsp3) is 0.300. The molecule has 0 bridgehead atoms. The van der Waals surface area contributed by atoms with Crippen LogP contribution in [-0.2, 0) is 0 Å². The molecular weight excluding hydrogens is 230 g/mol. The summed E-state index contributed by atoms with van der Waals surface area (Å²) >= 11 is 3.26. The van der Waals surface area contributed by atoms with E-state index in [2.05, 4.69) is 22.0 Å². The first kappa shape index (κ1) is 10.1. The van der Waals surface area contributed by atoms with Gasteiger partial charge in [-0.15, -0.1) is 0 Å². The molecule has 1 aromatic rings. The van der Waals surface area contributed by atoms with Gasteiger partial charge in [-0.25, -0.2) is 0 Å². The van der Waals surface area contributed by atoms with Gasteiger partial charge in [0.25, 0.3) is 0 Å². The quantitative estimate of drug-likeness (QED) is 0.744. The summed E-state index contributed by atoms with van der Waals surface area (Å²) in [5, 5.41) is 8.68. The lowest BCUT2D eigenvalue weighted by molar-refractivity contribution is 0.411. The lowest BCUT2D eigenvalue weighted by Crippen LogP contribution is -1.91. The van der Waals surface area contributed by atoms with Crippen molar-refractivity contribution >= 4 is 15.9 Å². The SMILES string of the molecule is COc1ccc(C(Br)C#N)cc1C. The molecule has 0 aliphatic carbocycles. The molecule has 0 saturated heterocycles. The zero-order valence-electron chi connectivity index (χ0n) is 7.54. The van der Waals surface area contributed by atoms with Crippen molar-refractivity contribution in [2.75, 3.05) is 7.11 Å². The van der Waals surface area contributed by atoms with Crippen LogP contribution in [0.15, 0.2) is 18.2 Å². The van der Waals surface area contributed by atoms with Gasteiger partial charge in [0, 0.05) is 0 Å². The van der Waals surface area contributed by atoms with E-state index in [0.717, 1.165) is 16.9 Å². The summed E-state index contributed by atoms with van der Waals surface area (Å²) in [5.41, 5.74) is 2.00. The molecule has 1 rings (SSSR count). The van der Waals surface area contributed by atoms with Crippen molar-refractivity contribution in [3.05, 3.63) is 29.3 Å². The van der Waals surface area contributed by atoms with E-state index >= 15 is 0 Å². The predicted molar refractivity (Wildman–Crippen MR) is 55.0 cm³/mol. The lowest BCUT2D eigenvalue weighted by Gasteiger charge is -2.07. The van der Waals surface area contributed by atoms with Crippen LogP contribution in [-0.4, -0.2) is 7.11 Å². The molecule has 68 valence electrons. The molecule has 0 aliphatic rings. The highest BCUT2D eigenvalue weighted by Crippen LogP contribution is 2.26. The molecule has 0 aliphatic heterocycles. The highest BCUT2D eigenvalue weighted by molar-refractivity contribution is 9.09. The van der Waals surface area contributed by atoms with Gasteiger partial charge in [-0.1, -0.05) is 28.1 Å². The second-order valence-corrected chi connectivity index (χ2v) is 3.64. The standard InChI is InChI=1S/C10H10BrNO/c1-7-5-8(9(11)6-12)3-4-10(7)13-2/h3-5,9H,1-2H3. The van der Waals surface area contributed by atoms with Crippen molar-refractivity contribution in [2.45, 2.75) is 11.8 Å². The van der Waals surface area contributed by atoms with Crippen LogP contribution in [0.4, 0.5) is 0 Å². The van der Waals surface area contributed by atoms with Gasteiger partial charge in [0.15, 0.2) is 0 Å². The zero-order valence-corrected chi connectivity index (χ0v) is 9.13. The molecule has 3 heteroatoms. The van der Waals surface area contributed by atoms with Crippen LogP contribution in [0.2, 0.25) is 0 Å². The maximum atomic E-state index is 8.68. The Morgan fingerprint density at radius 1 is 1.54 bits per heavy atom. The Balaban J connectivity index is 3.04. The van der Waals surface area contributed by atoms with E-state index in [0.29, 0.717) is 0 Å². The first-order chi connectivity index (χ1) is 6.19. The van der Waals surface area contributed by atoms with E-state index < -0.39 is 0 Å². The minimum absolute atomic E-state index is 0.239. The van der Waals surface area contributed by atoms with Crippen LogP contribution in [0, 0.1) is 18.3 Å². The van der Waals surface area contributed by atoms with E-state index in [1.165, 1.54) is 0 Å². The van der Waals surface area contributed by atoms with Gasteiger partial charge in [0.2, 0.25) is 0 Å². The molecule has 0 saturated carbocycles. The minimum atomic E-state index is -0.239. The van der Waals surface area contributed by atoms with Crippen LogP contribution in [0.1, 0.15) is 16.0 Å². The molecule has 0 radical (unpaired) electrons. The molecule has 0 spiro atoms. The van der Waals surface area contributed by atoms with Gasteiger partial charge >= 0.3 is 0 Å². The minimum Gasteiger partial charge on any atom is -0.496 e. The summed E-state index contributed by atoms with van der Waals surface area (Å²) in [4.78, 5) is -0.239. The summed E-state index contributed by atoms with van der Waals surface area (Å²) in [5.74, 6) is 0.849. The third-order valence-electron chi connectivity index (χ3n) is 1.82. The smallest absolute Gasteiger partial charge is 0.126 e. The van der Waals surface area contributed by atoms with E-state index in [9.17, 15) is 0 Å². The van der Waals surface area contributed by atoms with Crippen molar-refractivity contribution in [1.29, 1.82) is 5.26 Å². The molecule has 0 amide bonds. The van der Waals surface area contributed by atoms with Gasteiger partial charge in [0.05, 0.1) is 13.2 Å². The van der Waals surface area contributed by atoms with Crippen molar-refractivity contribution < 1.29 is 4.74 Å². The monoisotopic (exact) mass is 239 g/mol. The Kier molecular flexibility index (Phi) is 3.32. The number of halogens is 1. The van der Waals surface area contributed by atoms with Gasteiger partial charge < -0.3 is 4.74 Å². The first-order valence-corrected chi connectivity index (χ1v) is 4.79. The number of methoxy groups -OCH3 is 1. The number of aryl methyl sites for hydroxylation is 1. The van der Waals surface area contributed by atoms with Crippen LogP contribution in [0.3, 0.4) is 0 Å². The van der Waals surface area contributed by atoms with Gasteiger partial charge in [-0.2, -0.15) is 5.26 Å². The number of alkyl halides is 1. The molecule has 0 aromatic heterocycles. The highest BCUT2D eigenvalue weighted by Gasteiger charge is 2.07. The summed E-state index contributed by atoms with van der Waals surface area (Å²) in [6, 6.07) is 7.82. The number of rotatable bonds is 2. The maximum Gasteiger partial charge on any atom is 0.126 e. The Hall–Kier alpha value is -1.01. The van der Waals surface area contributed by atoms with E-state index in [-0.39, 0.29) is 4.83 Å². The molecular formula is C10H10BrNO. The van der Waals surface area contributed by atoms with Gasteiger partial charge in [0.1, 0.15) is 10.6 Å². The summed E-state index contributed by atoms with van der Waals surface area (Å²) in [6.07, 6.45) is 0. The predicted octanol–water partition coefficient (Wildman–Crippen LogP) is 2.96.